The smallest absolute Gasteiger partial charge is 0.251 e. The molecule has 1 heterocycles. The number of ether oxygens (including phenoxy) is 2. The number of allylic oxidation sites excluding steroid dienone is 3. The number of ketones is 2. The van der Waals surface area contributed by atoms with Gasteiger partial charge in [-0.25, -0.2) is 0 Å². The normalized spacial score (nSPS) is 33.7. The topological polar surface area (TPSA) is 163 Å². The second kappa shape index (κ2) is 12.7. The molecule has 0 aromatic rings. The summed E-state index contributed by atoms with van der Waals surface area (Å²) in [4.78, 5) is 37.6. The van der Waals surface area contributed by atoms with Gasteiger partial charge in [0.25, 0.3) is 5.91 Å². The average molecular weight is 522 g/mol. The number of fused-ring (bicyclic) bond motifs is 1. The Bertz CT molecular complexity index is 1020. The van der Waals surface area contributed by atoms with Crippen LogP contribution in [0, 0.1) is 11.8 Å². The molecule has 10 nitrogen and oxygen atoms in total. The van der Waals surface area contributed by atoms with Crippen LogP contribution in [0.2, 0.25) is 0 Å². The lowest BCUT2D eigenvalue weighted by Crippen LogP contribution is -2.45. The summed E-state index contributed by atoms with van der Waals surface area (Å²) in [6.45, 7) is 6.56. The minimum absolute atomic E-state index is 0.0141. The number of aliphatic hydroxyl groups excluding tert-OH is 2. The van der Waals surface area contributed by atoms with Crippen molar-refractivity contribution >= 4 is 17.5 Å². The van der Waals surface area contributed by atoms with Crippen molar-refractivity contribution in [3.63, 3.8) is 0 Å². The lowest BCUT2D eigenvalue weighted by Gasteiger charge is -2.33. The maximum atomic E-state index is 12.7. The predicted octanol–water partition coefficient (Wildman–Crippen LogP) is 1.76. The number of hydrogen-bond acceptors (Lipinski definition) is 9. The fraction of sp³-hybridized carbons (Fsp3) is 0.593. The lowest BCUT2D eigenvalue weighted by molar-refractivity contribution is -0.207. The molecule has 1 unspecified atom stereocenters. The van der Waals surface area contributed by atoms with Gasteiger partial charge >= 0.3 is 0 Å². The zero-order valence-electron chi connectivity index (χ0n) is 22.3. The first-order chi connectivity index (χ1) is 17.2. The van der Waals surface area contributed by atoms with Gasteiger partial charge in [0.2, 0.25) is 17.4 Å². The van der Waals surface area contributed by atoms with Gasteiger partial charge in [0, 0.05) is 37.4 Å². The molecular weight excluding hydrogens is 482 g/mol. The van der Waals surface area contributed by atoms with Crippen LogP contribution in [0.3, 0.4) is 0 Å². The van der Waals surface area contributed by atoms with Gasteiger partial charge in [-0.3, -0.25) is 14.4 Å². The van der Waals surface area contributed by atoms with E-state index in [1.165, 1.54) is 28.1 Å². The molecule has 0 spiro atoms. The fourth-order valence-electron chi connectivity index (χ4n) is 4.63. The number of aliphatic hydroxyl groups is 4. The first-order valence-electron chi connectivity index (χ1n) is 12.3. The molecule has 2 bridgehead atoms. The minimum atomic E-state index is -2.33. The maximum Gasteiger partial charge on any atom is 0.251 e. The monoisotopic (exact) mass is 521 g/mol. The number of rotatable bonds is 2. The number of methoxy groups -OCH3 is 2. The Morgan fingerprint density at radius 3 is 2.32 bits per heavy atom. The average Bonchev–Trinajstić information content (AvgIpc) is 2.84. The molecule has 0 aromatic carbocycles. The standard InChI is InChI=1S/C27H39NO9/c1-14-10-18-24(31)19(13-20(29)25(18)32)28-26(33)15(2)8-7-9-22(37-6)27(34,35)17(4)12-16(3)23(30)21(11-14)36-5/h8,12-14,16,21-23,30-31,34-35H,7,9-11H2,1-6H3,(H,28,33)/b15-8+,17-12+/t14-,16+,21+,22?,23-/m1/s1. The molecular formula is C27H39NO9. The van der Waals surface area contributed by atoms with Crippen molar-refractivity contribution in [3.05, 3.63) is 46.4 Å². The Labute approximate surface area is 217 Å². The summed E-state index contributed by atoms with van der Waals surface area (Å²) in [5, 5.41) is 45.9. The summed E-state index contributed by atoms with van der Waals surface area (Å²) in [5.74, 6) is -5.95. The van der Waals surface area contributed by atoms with Crippen LogP contribution in [0.15, 0.2) is 46.4 Å². The first kappa shape index (κ1) is 30.6. The molecule has 206 valence electrons. The van der Waals surface area contributed by atoms with Gasteiger partial charge in [0.1, 0.15) is 11.9 Å². The summed E-state index contributed by atoms with van der Waals surface area (Å²) in [6.07, 6.45) is 1.94. The van der Waals surface area contributed by atoms with E-state index in [1.54, 1.807) is 26.0 Å². The largest absolute Gasteiger partial charge is 0.505 e. The molecule has 2 rings (SSSR count). The lowest BCUT2D eigenvalue weighted by atomic mass is 9.85. The van der Waals surface area contributed by atoms with E-state index in [9.17, 15) is 34.8 Å². The molecule has 0 saturated carbocycles. The highest BCUT2D eigenvalue weighted by Crippen LogP contribution is 2.30. The highest BCUT2D eigenvalue weighted by Gasteiger charge is 2.38. The summed E-state index contributed by atoms with van der Waals surface area (Å²) in [7, 11) is 2.78. The van der Waals surface area contributed by atoms with Crippen LogP contribution >= 0.6 is 0 Å². The maximum absolute atomic E-state index is 12.7. The minimum Gasteiger partial charge on any atom is -0.505 e. The molecule has 0 radical (unpaired) electrons. The first-order valence-corrected chi connectivity index (χ1v) is 12.3. The molecule has 5 atom stereocenters. The van der Waals surface area contributed by atoms with E-state index in [-0.39, 0.29) is 54.0 Å². The Morgan fingerprint density at radius 1 is 1.08 bits per heavy atom. The number of nitrogens with one attached hydrogen (secondary N) is 1. The number of Topliss-reactive ketones (excluding diaryl/α,β-unsaturated/α-hetero) is 1. The van der Waals surface area contributed by atoms with Crippen LogP contribution in [-0.2, 0) is 23.9 Å². The number of hydrogen-bond donors (Lipinski definition) is 5. The molecule has 1 amide bonds. The van der Waals surface area contributed by atoms with Crippen LogP contribution in [0.5, 0.6) is 0 Å². The number of carbonyl (C=O) groups excluding carboxylic acids is 3. The van der Waals surface area contributed by atoms with Crippen LogP contribution in [-0.4, -0.2) is 76.2 Å². The summed E-state index contributed by atoms with van der Waals surface area (Å²) >= 11 is 0. The van der Waals surface area contributed by atoms with Gasteiger partial charge in [0.05, 0.1) is 17.9 Å². The van der Waals surface area contributed by atoms with Crippen molar-refractivity contribution in [2.24, 2.45) is 11.8 Å². The van der Waals surface area contributed by atoms with Gasteiger partial charge in [-0.05, 0) is 51.0 Å². The second-order valence-corrected chi connectivity index (χ2v) is 9.97. The molecule has 10 heteroatoms. The van der Waals surface area contributed by atoms with Crippen LogP contribution < -0.4 is 5.32 Å². The van der Waals surface area contributed by atoms with Crippen molar-refractivity contribution in [1.29, 1.82) is 0 Å². The Kier molecular flexibility index (Phi) is 10.5. The van der Waals surface area contributed by atoms with Crippen molar-refractivity contribution in [2.45, 2.75) is 77.5 Å². The third-order valence-electron chi connectivity index (χ3n) is 7.04. The Balaban J connectivity index is 2.52. The van der Waals surface area contributed by atoms with Gasteiger partial charge in [-0.2, -0.15) is 0 Å². The van der Waals surface area contributed by atoms with Gasteiger partial charge in [0.15, 0.2) is 0 Å². The van der Waals surface area contributed by atoms with Crippen LogP contribution in [0.4, 0.5) is 0 Å². The predicted molar refractivity (Wildman–Crippen MR) is 135 cm³/mol. The van der Waals surface area contributed by atoms with E-state index < -0.39 is 53.2 Å². The SMILES string of the molecule is COC1CC/C=C(\C)C(=O)NC2=CC(=O)C(=O)C(=C2O)C[C@@H](C)C[C@H](OC)[C@H](O)[C@@H](C)/C=C(\C)C1(O)O. The zero-order chi connectivity index (χ0) is 28.1. The summed E-state index contributed by atoms with van der Waals surface area (Å²) in [5.41, 5.74) is 0.161. The number of amides is 1. The van der Waals surface area contributed by atoms with E-state index >= 15 is 0 Å². The molecule has 0 saturated heterocycles. The Hall–Kier alpha value is -2.63. The van der Waals surface area contributed by atoms with Crippen molar-refractivity contribution in [3.8, 4) is 0 Å². The van der Waals surface area contributed by atoms with E-state index in [1.807, 2.05) is 0 Å². The van der Waals surface area contributed by atoms with E-state index in [0.717, 1.165) is 6.08 Å². The van der Waals surface area contributed by atoms with Crippen molar-refractivity contribution in [1.82, 2.24) is 5.32 Å². The molecule has 2 aliphatic rings. The molecule has 1 aliphatic carbocycles. The van der Waals surface area contributed by atoms with Crippen molar-refractivity contribution < 1.29 is 44.3 Å². The van der Waals surface area contributed by atoms with E-state index in [2.05, 4.69) is 5.32 Å². The third-order valence-corrected chi connectivity index (χ3v) is 7.04. The van der Waals surface area contributed by atoms with E-state index in [4.69, 9.17) is 9.47 Å². The number of carbonyl (C=O) groups is 3. The quantitative estimate of drug-likeness (QED) is 0.158. The fourth-order valence-corrected chi connectivity index (χ4v) is 4.63. The van der Waals surface area contributed by atoms with Gasteiger partial charge in [-0.15, -0.1) is 0 Å². The van der Waals surface area contributed by atoms with Crippen LogP contribution in [0.25, 0.3) is 0 Å². The molecule has 0 aromatic heterocycles. The molecule has 1 aliphatic heterocycles. The van der Waals surface area contributed by atoms with Crippen molar-refractivity contribution in [2.75, 3.05) is 14.2 Å². The van der Waals surface area contributed by atoms with E-state index in [0.29, 0.717) is 0 Å². The third kappa shape index (κ3) is 7.24. The van der Waals surface area contributed by atoms with Crippen LogP contribution in [0.1, 0.15) is 53.4 Å². The zero-order valence-corrected chi connectivity index (χ0v) is 22.3. The molecule has 37 heavy (non-hydrogen) atoms. The van der Waals surface area contributed by atoms with Gasteiger partial charge < -0.3 is 35.2 Å². The molecule has 0 fully saturated rings. The highest BCUT2D eigenvalue weighted by molar-refractivity contribution is 6.48. The molecule has 5 N–H and O–H groups in total. The summed E-state index contributed by atoms with van der Waals surface area (Å²) < 4.78 is 10.8. The van der Waals surface area contributed by atoms with Gasteiger partial charge in [-0.1, -0.05) is 26.0 Å². The summed E-state index contributed by atoms with van der Waals surface area (Å²) in [6, 6.07) is 0. The highest BCUT2D eigenvalue weighted by atomic mass is 16.6. The Morgan fingerprint density at radius 2 is 1.73 bits per heavy atom. The second-order valence-electron chi connectivity index (χ2n) is 9.97.